The minimum atomic E-state index is -0.245. The number of hydrogen-bond acceptors (Lipinski definition) is 6. The van der Waals surface area contributed by atoms with Crippen molar-refractivity contribution in [1.29, 1.82) is 0 Å². The van der Waals surface area contributed by atoms with Crippen LogP contribution in [0.25, 0.3) is 0 Å². The van der Waals surface area contributed by atoms with E-state index < -0.39 is 0 Å². The molecule has 2 aromatic rings. The number of ketones is 1. The molecule has 0 spiro atoms. The van der Waals surface area contributed by atoms with Crippen molar-refractivity contribution in [3.8, 4) is 5.75 Å². The van der Waals surface area contributed by atoms with E-state index in [0.717, 1.165) is 30.8 Å². The Morgan fingerprint density at radius 1 is 1.20 bits per heavy atom. The number of ether oxygens (including phenoxy) is 2. The van der Waals surface area contributed by atoms with E-state index in [1.807, 2.05) is 24.3 Å². The molecular formula is C23H27ClN2O4. The van der Waals surface area contributed by atoms with Crippen LogP contribution in [0.3, 0.4) is 0 Å². The second-order valence-corrected chi connectivity index (χ2v) is 7.89. The Labute approximate surface area is 182 Å². The van der Waals surface area contributed by atoms with Gasteiger partial charge < -0.3 is 19.7 Å². The summed E-state index contributed by atoms with van der Waals surface area (Å²) in [6.45, 7) is 2.05. The van der Waals surface area contributed by atoms with Gasteiger partial charge in [-0.1, -0.05) is 35.9 Å². The van der Waals surface area contributed by atoms with Crippen molar-refractivity contribution in [2.45, 2.75) is 25.4 Å². The molecule has 0 aromatic heterocycles. The third-order valence-electron chi connectivity index (χ3n) is 5.15. The summed E-state index contributed by atoms with van der Waals surface area (Å²) in [6.07, 6.45) is 2.01. The molecule has 1 heterocycles. The van der Waals surface area contributed by atoms with Gasteiger partial charge in [-0.05, 0) is 37.6 Å². The van der Waals surface area contributed by atoms with E-state index in [0.29, 0.717) is 29.2 Å². The van der Waals surface area contributed by atoms with Crippen LogP contribution < -0.4 is 10.1 Å². The van der Waals surface area contributed by atoms with Crippen molar-refractivity contribution in [2.75, 3.05) is 39.1 Å². The van der Waals surface area contributed by atoms with E-state index in [2.05, 4.69) is 22.0 Å². The maximum absolute atomic E-state index is 12.5. The number of halogens is 1. The summed E-state index contributed by atoms with van der Waals surface area (Å²) >= 11 is 6.28. The molecular weight excluding hydrogens is 404 g/mol. The van der Waals surface area contributed by atoms with Crippen LogP contribution in [0.2, 0.25) is 5.02 Å². The molecule has 0 bridgehead atoms. The lowest BCUT2D eigenvalue weighted by Crippen LogP contribution is -2.21. The third kappa shape index (κ3) is 6.21. The average molecular weight is 431 g/mol. The highest BCUT2D eigenvalue weighted by Crippen LogP contribution is 2.30. The maximum Gasteiger partial charge on any atom is 0.305 e. The first kappa shape index (κ1) is 22.1. The van der Waals surface area contributed by atoms with Crippen LogP contribution in [0, 0.1) is 0 Å². The molecule has 6 nitrogen and oxygen atoms in total. The topological polar surface area (TPSA) is 67.9 Å². The number of nitrogens with zero attached hydrogens (tertiary/aromatic N) is 1. The van der Waals surface area contributed by atoms with E-state index in [1.54, 1.807) is 18.2 Å². The molecule has 2 aromatic carbocycles. The van der Waals surface area contributed by atoms with E-state index in [4.69, 9.17) is 16.3 Å². The molecule has 160 valence electrons. The van der Waals surface area contributed by atoms with Crippen molar-refractivity contribution in [2.24, 2.45) is 0 Å². The van der Waals surface area contributed by atoms with Crippen LogP contribution in [0.1, 0.15) is 28.8 Å². The number of Topliss-reactive ketones (excluding diaryl/α,β-unsaturated/α-hetero) is 1. The zero-order valence-corrected chi connectivity index (χ0v) is 18.1. The van der Waals surface area contributed by atoms with Crippen molar-refractivity contribution in [3.05, 3.63) is 58.6 Å². The average Bonchev–Trinajstić information content (AvgIpc) is 3.17. The van der Waals surface area contributed by atoms with Gasteiger partial charge in [0.1, 0.15) is 11.9 Å². The predicted molar refractivity (Wildman–Crippen MR) is 118 cm³/mol. The quantitative estimate of drug-likeness (QED) is 0.481. The molecule has 1 saturated heterocycles. The number of anilines is 1. The highest BCUT2D eigenvalue weighted by Gasteiger charge is 2.22. The largest absolute Gasteiger partial charge is 0.487 e. The maximum atomic E-state index is 12.5. The third-order valence-corrected chi connectivity index (χ3v) is 5.46. The Morgan fingerprint density at radius 2 is 1.97 bits per heavy atom. The van der Waals surface area contributed by atoms with Gasteiger partial charge in [0.2, 0.25) is 0 Å². The summed E-state index contributed by atoms with van der Waals surface area (Å²) in [4.78, 5) is 26.0. The Bertz CT molecular complexity index is 885. The fourth-order valence-corrected chi connectivity index (χ4v) is 3.53. The van der Waals surface area contributed by atoms with Crippen LogP contribution in [0.5, 0.6) is 5.75 Å². The van der Waals surface area contributed by atoms with Gasteiger partial charge in [-0.15, -0.1) is 0 Å². The number of likely N-dealkylation sites (tertiary alicyclic amines) is 1. The zero-order valence-electron chi connectivity index (χ0n) is 17.3. The van der Waals surface area contributed by atoms with Gasteiger partial charge in [-0.2, -0.15) is 0 Å². The number of likely N-dealkylation sites (N-methyl/N-ethyl adjacent to an activating group) is 1. The first-order valence-electron chi connectivity index (χ1n) is 10.0. The molecule has 0 aliphatic carbocycles. The Hall–Kier alpha value is -2.57. The first-order valence-corrected chi connectivity index (χ1v) is 10.4. The molecule has 3 rings (SSSR count). The number of nitrogens with one attached hydrogen (secondary N) is 1. The van der Waals surface area contributed by atoms with Gasteiger partial charge in [0.15, 0.2) is 5.78 Å². The van der Waals surface area contributed by atoms with Gasteiger partial charge in [0, 0.05) is 36.8 Å². The van der Waals surface area contributed by atoms with Crippen LogP contribution in [0.15, 0.2) is 42.5 Å². The number of hydrogen-bond donors (Lipinski definition) is 1. The van der Waals surface area contributed by atoms with Crippen LogP contribution in [-0.4, -0.2) is 56.5 Å². The minimum Gasteiger partial charge on any atom is -0.487 e. The van der Waals surface area contributed by atoms with E-state index in [-0.39, 0.29) is 24.4 Å². The molecule has 0 radical (unpaired) electrons. The molecule has 1 aliphatic heterocycles. The number of carbonyl (C=O) groups is 2. The van der Waals surface area contributed by atoms with Crippen LogP contribution in [0.4, 0.5) is 5.69 Å². The predicted octanol–water partition coefficient (Wildman–Crippen LogP) is 3.82. The Kier molecular flexibility index (Phi) is 7.71. The summed E-state index contributed by atoms with van der Waals surface area (Å²) < 4.78 is 10.7. The molecule has 1 fully saturated rings. The van der Waals surface area contributed by atoms with Gasteiger partial charge in [-0.25, -0.2) is 0 Å². The van der Waals surface area contributed by atoms with Crippen LogP contribution >= 0.6 is 11.6 Å². The van der Waals surface area contributed by atoms with Crippen molar-refractivity contribution >= 4 is 29.0 Å². The fourth-order valence-electron chi connectivity index (χ4n) is 3.36. The number of aryl methyl sites for hydroxylation is 1. The number of carbonyl (C=O) groups excluding carboxylic acids is 2. The molecule has 30 heavy (non-hydrogen) atoms. The van der Waals surface area contributed by atoms with Gasteiger partial charge >= 0.3 is 5.97 Å². The lowest BCUT2D eigenvalue weighted by molar-refractivity contribution is -0.140. The zero-order chi connectivity index (χ0) is 21.5. The van der Waals surface area contributed by atoms with Crippen molar-refractivity contribution in [1.82, 2.24) is 4.90 Å². The van der Waals surface area contributed by atoms with Gasteiger partial charge in [-0.3, -0.25) is 9.59 Å². The number of esters is 1. The fraction of sp³-hybridized carbons (Fsp3) is 0.391. The lowest BCUT2D eigenvalue weighted by atomic mass is 10.0. The highest BCUT2D eigenvalue weighted by atomic mass is 35.5. The first-order chi connectivity index (χ1) is 14.4. The Balaban J connectivity index is 1.54. The van der Waals surface area contributed by atoms with Crippen molar-refractivity contribution in [3.63, 3.8) is 0 Å². The minimum absolute atomic E-state index is 0.0237. The summed E-state index contributed by atoms with van der Waals surface area (Å²) in [5.41, 5.74) is 2.38. The summed E-state index contributed by atoms with van der Waals surface area (Å²) in [7, 11) is 3.44. The normalized spacial score (nSPS) is 16.3. The molecule has 7 heteroatoms. The van der Waals surface area contributed by atoms with E-state index in [1.165, 1.54) is 7.11 Å². The number of rotatable bonds is 9. The Morgan fingerprint density at radius 3 is 2.63 bits per heavy atom. The van der Waals surface area contributed by atoms with Gasteiger partial charge in [0.05, 0.1) is 18.7 Å². The van der Waals surface area contributed by atoms with Crippen LogP contribution in [-0.2, 0) is 16.0 Å². The molecule has 0 saturated carbocycles. The molecule has 0 amide bonds. The van der Waals surface area contributed by atoms with E-state index >= 15 is 0 Å². The monoisotopic (exact) mass is 430 g/mol. The molecule has 1 aliphatic rings. The number of benzene rings is 2. The van der Waals surface area contributed by atoms with Gasteiger partial charge in [0.25, 0.3) is 0 Å². The summed E-state index contributed by atoms with van der Waals surface area (Å²) in [5.74, 6) is 0.361. The highest BCUT2D eigenvalue weighted by molar-refractivity contribution is 6.32. The smallest absolute Gasteiger partial charge is 0.305 e. The lowest BCUT2D eigenvalue weighted by Gasteiger charge is -2.16. The molecule has 1 N–H and O–H groups in total. The SMILES string of the molecule is COC(=O)CCc1ccc(C(=O)CNc2ccc(Cl)c(O[C@@H]3CCN(C)C3)c2)cc1. The molecule has 1 atom stereocenters. The van der Waals surface area contributed by atoms with E-state index in [9.17, 15) is 9.59 Å². The summed E-state index contributed by atoms with van der Waals surface area (Å²) in [5, 5.41) is 3.71. The number of methoxy groups -OCH3 is 1. The molecule has 0 unspecified atom stereocenters. The standard InChI is InChI=1S/C23H27ClN2O4/c1-26-12-11-19(15-26)30-22-13-18(8-9-20(22)24)25-14-21(27)17-6-3-16(4-7-17)5-10-23(28)29-2/h3-4,6-9,13,19,25H,5,10-12,14-15H2,1-2H3/t19-/m1/s1. The second kappa shape index (κ2) is 10.5. The summed E-state index contributed by atoms with van der Waals surface area (Å²) in [6, 6.07) is 12.7. The second-order valence-electron chi connectivity index (χ2n) is 7.49. The van der Waals surface area contributed by atoms with Crippen molar-refractivity contribution < 1.29 is 19.1 Å².